The molecule has 0 saturated carbocycles. The first-order valence-corrected chi connectivity index (χ1v) is 8.44. The zero-order chi connectivity index (χ0) is 20.2. The normalized spacial score (nSPS) is 12.5. The summed E-state index contributed by atoms with van der Waals surface area (Å²) in [6.07, 6.45) is 1.51. The van der Waals surface area contributed by atoms with Gasteiger partial charge in [0.2, 0.25) is 11.8 Å². The Labute approximate surface area is 157 Å². The van der Waals surface area contributed by atoms with Gasteiger partial charge >= 0.3 is 0 Å². The van der Waals surface area contributed by atoms with Crippen LogP contribution in [0.1, 0.15) is 18.4 Å². The molecule has 0 aromatic heterocycles. The number of aliphatic imine (C=N–C) groups is 1. The Morgan fingerprint density at radius 2 is 1.85 bits per heavy atom. The second kappa shape index (κ2) is 11.5. The lowest BCUT2D eigenvalue weighted by molar-refractivity contribution is -0.130. The van der Waals surface area contributed by atoms with E-state index in [0.29, 0.717) is 19.3 Å². The lowest BCUT2D eigenvalue weighted by atomic mass is 10.0. The van der Waals surface area contributed by atoms with Crippen LogP contribution >= 0.6 is 0 Å². The molecule has 0 radical (unpaired) electrons. The standard InChI is InChI=1S/C17H26N6O4/c18-13(10-11-3-5-12(25)6-4-11)15(26)23-14(16(27)21-8-9-24)2-1-7-22-17(19)20/h3-6,9,13-14,25H,1-2,7-8,10,18H2,(H,21,27)(H,23,26)(H4,19,20,22)/t13-,14-/m0/s1. The highest BCUT2D eigenvalue weighted by atomic mass is 16.3. The molecule has 2 atom stereocenters. The molecule has 0 saturated heterocycles. The van der Waals surface area contributed by atoms with Crippen LogP contribution in [0.5, 0.6) is 5.75 Å². The Balaban J connectivity index is 2.65. The van der Waals surface area contributed by atoms with Gasteiger partial charge in [-0.3, -0.25) is 14.6 Å². The van der Waals surface area contributed by atoms with Gasteiger partial charge in [-0.05, 0) is 37.0 Å². The number of hydrogen-bond acceptors (Lipinski definition) is 6. The molecule has 0 aliphatic heterocycles. The predicted octanol–water partition coefficient (Wildman–Crippen LogP) is -1.88. The van der Waals surface area contributed by atoms with Crippen molar-refractivity contribution in [3.63, 3.8) is 0 Å². The van der Waals surface area contributed by atoms with Gasteiger partial charge in [-0.2, -0.15) is 0 Å². The first kappa shape index (κ1) is 21.9. The maximum atomic E-state index is 12.3. The third-order valence-electron chi connectivity index (χ3n) is 3.67. The third-order valence-corrected chi connectivity index (χ3v) is 3.67. The number of aromatic hydroxyl groups is 1. The van der Waals surface area contributed by atoms with Crippen molar-refractivity contribution in [3.8, 4) is 5.75 Å². The van der Waals surface area contributed by atoms with Crippen LogP contribution in [0.2, 0.25) is 0 Å². The molecule has 0 spiro atoms. The predicted molar refractivity (Wildman–Crippen MR) is 101 cm³/mol. The van der Waals surface area contributed by atoms with Gasteiger partial charge in [0.1, 0.15) is 18.1 Å². The smallest absolute Gasteiger partial charge is 0.242 e. The van der Waals surface area contributed by atoms with Crippen LogP contribution in [0.4, 0.5) is 0 Å². The Hall–Kier alpha value is -3.14. The summed E-state index contributed by atoms with van der Waals surface area (Å²) < 4.78 is 0. The molecule has 0 aliphatic rings. The van der Waals surface area contributed by atoms with Gasteiger partial charge in [0.25, 0.3) is 0 Å². The molecule has 10 nitrogen and oxygen atoms in total. The Morgan fingerprint density at radius 1 is 1.19 bits per heavy atom. The first-order valence-electron chi connectivity index (χ1n) is 8.44. The van der Waals surface area contributed by atoms with E-state index in [-0.39, 0.29) is 31.1 Å². The lowest BCUT2D eigenvalue weighted by Gasteiger charge is -2.20. The van der Waals surface area contributed by atoms with Crippen molar-refractivity contribution >= 4 is 24.1 Å². The first-order chi connectivity index (χ1) is 12.8. The maximum absolute atomic E-state index is 12.3. The lowest BCUT2D eigenvalue weighted by Crippen LogP contribution is -2.52. The van der Waals surface area contributed by atoms with Crippen molar-refractivity contribution in [3.05, 3.63) is 29.8 Å². The highest BCUT2D eigenvalue weighted by Crippen LogP contribution is 2.11. The fourth-order valence-electron chi connectivity index (χ4n) is 2.30. The summed E-state index contributed by atoms with van der Waals surface area (Å²) in [5.41, 5.74) is 17.2. The summed E-state index contributed by atoms with van der Waals surface area (Å²) in [6.45, 7) is 0.147. The average Bonchev–Trinajstić information content (AvgIpc) is 2.63. The molecule has 1 aromatic rings. The molecule has 2 amide bonds. The van der Waals surface area contributed by atoms with Crippen molar-refractivity contribution in [1.82, 2.24) is 10.6 Å². The van der Waals surface area contributed by atoms with Gasteiger partial charge in [0.15, 0.2) is 5.96 Å². The number of carbonyl (C=O) groups is 3. The molecule has 0 bridgehead atoms. The zero-order valence-electron chi connectivity index (χ0n) is 14.9. The number of nitrogens with two attached hydrogens (primary N) is 3. The molecule has 148 valence electrons. The number of carbonyl (C=O) groups excluding carboxylic acids is 3. The number of guanidine groups is 1. The van der Waals surface area contributed by atoms with Crippen LogP contribution in [-0.4, -0.2) is 54.3 Å². The number of phenols is 1. The number of rotatable bonds is 11. The third kappa shape index (κ3) is 8.68. The van der Waals surface area contributed by atoms with E-state index in [4.69, 9.17) is 17.2 Å². The minimum Gasteiger partial charge on any atom is -0.508 e. The number of hydrogen-bond donors (Lipinski definition) is 6. The summed E-state index contributed by atoms with van der Waals surface area (Å²) in [7, 11) is 0. The Bertz CT molecular complexity index is 658. The van der Waals surface area contributed by atoms with E-state index < -0.39 is 23.9 Å². The van der Waals surface area contributed by atoms with E-state index in [1.165, 1.54) is 12.1 Å². The van der Waals surface area contributed by atoms with E-state index in [1.807, 2.05) is 0 Å². The summed E-state index contributed by atoms with van der Waals surface area (Å²) in [6, 6.07) is 4.57. The number of nitrogens with one attached hydrogen (secondary N) is 2. The van der Waals surface area contributed by atoms with Gasteiger partial charge in [0, 0.05) is 6.54 Å². The second-order valence-electron chi connectivity index (χ2n) is 5.90. The van der Waals surface area contributed by atoms with Crippen LogP contribution in [0.3, 0.4) is 0 Å². The average molecular weight is 378 g/mol. The highest BCUT2D eigenvalue weighted by Gasteiger charge is 2.23. The van der Waals surface area contributed by atoms with Crippen molar-refractivity contribution in [2.24, 2.45) is 22.2 Å². The molecule has 27 heavy (non-hydrogen) atoms. The molecule has 0 aliphatic carbocycles. The van der Waals surface area contributed by atoms with Crippen LogP contribution in [-0.2, 0) is 20.8 Å². The monoisotopic (exact) mass is 378 g/mol. The second-order valence-corrected chi connectivity index (χ2v) is 5.90. The molecule has 9 N–H and O–H groups in total. The van der Waals surface area contributed by atoms with E-state index in [0.717, 1.165) is 5.56 Å². The van der Waals surface area contributed by atoms with Gasteiger partial charge in [-0.1, -0.05) is 12.1 Å². The minimum absolute atomic E-state index is 0.0584. The summed E-state index contributed by atoms with van der Waals surface area (Å²) in [5.74, 6) is -0.936. The van der Waals surface area contributed by atoms with Gasteiger partial charge in [-0.25, -0.2) is 0 Å². The molecular weight excluding hydrogens is 352 g/mol. The molecule has 1 aromatic carbocycles. The molecule has 0 heterocycles. The van der Waals surface area contributed by atoms with E-state index in [1.54, 1.807) is 12.1 Å². The van der Waals surface area contributed by atoms with Gasteiger partial charge in [-0.15, -0.1) is 0 Å². The SMILES string of the molecule is NC(N)=NCCC[C@H](NC(=O)[C@@H](N)Cc1ccc(O)cc1)C(=O)NCC=O. The van der Waals surface area contributed by atoms with Crippen molar-refractivity contribution in [1.29, 1.82) is 0 Å². The Kier molecular flexibility index (Phi) is 9.30. The van der Waals surface area contributed by atoms with Crippen LogP contribution in [0.15, 0.2) is 29.3 Å². The van der Waals surface area contributed by atoms with Crippen molar-refractivity contribution in [2.45, 2.75) is 31.3 Å². The quantitative estimate of drug-likeness (QED) is 0.112. The largest absolute Gasteiger partial charge is 0.508 e. The number of phenolic OH excluding ortho intramolecular Hbond substituents is 1. The topological polar surface area (TPSA) is 186 Å². The number of aldehydes is 1. The summed E-state index contributed by atoms with van der Waals surface area (Å²) in [4.78, 5) is 38.7. The molecular formula is C17H26N6O4. The molecule has 1 rings (SSSR count). The zero-order valence-corrected chi connectivity index (χ0v) is 14.9. The van der Waals surface area contributed by atoms with Gasteiger partial charge < -0.3 is 37.7 Å². The summed E-state index contributed by atoms with van der Waals surface area (Å²) in [5, 5.41) is 14.3. The van der Waals surface area contributed by atoms with E-state index >= 15 is 0 Å². The Morgan fingerprint density at radius 3 is 2.44 bits per heavy atom. The maximum Gasteiger partial charge on any atom is 0.242 e. The van der Waals surface area contributed by atoms with Gasteiger partial charge in [0.05, 0.1) is 12.6 Å². The van der Waals surface area contributed by atoms with Crippen molar-refractivity contribution < 1.29 is 19.5 Å². The molecule has 10 heteroatoms. The molecule has 0 unspecified atom stereocenters. The summed E-state index contributed by atoms with van der Waals surface area (Å²) >= 11 is 0. The van der Waals surface area contributed by atoms with Crippen LogP contribution in [0.25, 0.3) is 0 Å². The minimum atomic E-state index is -0.881. The van der Waals surface area contributed by atoms with E-state index in [2.05, 4.69) is 15.6 Å². The highest BCUT2D eigenvalue weighted by molar-refractivity contribution is 5.90. The fraction of sp³-hybridized carbons (Fsp3) is 0.412. The van der Waals surface area contributed by atoms with E-state index in [9.17, 15) is 19.5 Å². The molecule has 0 fully saturated rings. The number of nitrogens with zero attached hydrogens (tertiary/aromatic N) is 1. The van der Waals surface area contributed by atoms with Crippen molar-refractivity contribution in [2.75, 3.05) is 13.1 Å². The number of benzene rings is 1. The van der Waals surface area contributed by atoms with Crippen LogP contribution in [0, 0.1) is 0 Å². The van der Waals surface area contributed by atoms with Crippen LogP contribution < -0.4 is 27.8 Å². The fourth-order valence-corrected chi connectivity index (χ4v) is 2.30. The number of amides is 2.